The first-order chi connectivity index (χ1) is 14.6. The Bertz CT molecular complexity index is 1420. The molecule has 0 bridgehead atoms. The Morgan fingerprint density at radius 1 is 1.30 bits per heavy atom. The molecular formula is C19H17ClN8O2. The molecule has 5 rings (SSSR count). The second-order valence-electron chi connectivity index (χ2n) is 6.97. The summed E-state index contributed by atoms with van der Waals surface area (Å²) in [5.41, 5.74) is 1.58. The summed E-state index contributed by atoms with van der Waals surface area (Å²) in [5, 5.41) is 18.6. The quantitative estimate of drug-likeness (QED) is 0.372. The number of imidazole rings is 1. The summed E-state index contributed by atoms with van der Waals surface area (Å²) in [6.07, 6.45) is 5.21. The molecule has 11 heteroatoms. The lowest BCUT2D eigenvalue weighted by atomic mass is 10.2. The summed E-state index contributed by atoms with van der Waals surface area (Å²) in [4.78, 5) is 29.9. The Hall–Kier alpha value is -3.66. The topological polar surface area (TPSA) is 136 Å². The Morgan fingerprint density at radius 2 is 2.13 bits per heavy atom. The third-order valence-corrected chi connectivity index (χ3v) is 5.02. The lowest BCUT2D eigenvalue weighted by Gasteiger charge is -2.07. The van der Waals surface area contributed by atoms with Gasteiger partial charge in [0, 0.05) is 16.8 Å². The molecule has 1 aliphatic rings. The van der Waals surface area contributed by atoms with Crippen molar-refractivity contribution in [1.82, 2.24) is 29.5 Å². The fraction of sp³-hybridized carbons (Fsp3) is 0.211. The fourth-order valence-electron chi connectivity index (χ4n) is 2.98. The number of aromatic amines is 2. The molecule has 4 N–H and O–H groups in total. The van der Waals surface area contributed by atoms with Crippen LogP contribution in [-0.4, -0.2) is 40.7 Å². The van der Waals surface area contributed by atoms with Gasteiger partial charge in [0.15, 0.2) is 5.65 Å². The number of aromatic nitrogens is 6. The first kappa shape index (κ1) is 18.4. The molecule has 1 aliphatic carbocycles. The number of nitrogens with zero attached hydrogens (tertiary/aromatic N) is 5. The Balaban J connectivity index is 1.60. The van der Waals surface area contributed by atoms with Gasteiger partial charge in [-0.05, 0) is 30.5 Å². The predicted molar refractivity (Wildman–Crippen MR) is 110 cm³/mol. The van der Waals surface area contributed by atoms with E-state index in [9.17, 15) is 9.90 Å². The molecular weight excluding hydrogens is 408 g/mol. The number of halogens is 1. The van der Waals surface area contributed by atoms with E-state index >= 15 is 0 Å². The summed E-state index contributed by atoms with van der Waals surface area (Å²) in [6, 6.07) is 7.77. The number of rotatable bonds is 5. The number of benzene rings is 1. The molecule has 0 aliphatic heterocycles. The summed E-state index contributed by atoms with van der Waals surface area (Å²) in [5.74, 6) is 0.122. The highest BCUT2D eigenvalue weighted by Crippen LogP contribution is 2.22. The van der Waals surface area contributed by atoms with Crippen molar-refractivity contribution in [2.24, 2.45) is 4.99 Å². The van der Waals surface area contributed by atoms with E-state index in [1.54, 1.807) is 16.8 Å². The molecule has 0 radical (unpaired) electrons. The molecule has 0 unspecified atom stereocenters. The van der Waals surface area contributed by atoms with Crippen LogP contribution in [0.1, 0.15) is 24.1 Å². The number of anilines is 1. The van der Waals surface area contributed by atoms with Crippen LogP contribution in [-0.2, 0) is 6.54 Å². The third kappa shape index (κ3) is 3.64. The third-order valence-electron chi connectivity index (χ3n) is 4.65. The van der Waals surface area contributed by atoms with Crippen molar-refractivity contribution in [2.45, 2.75) is 25.4 Å². The number of H-pyrrole nitrogens is 2. The number of hydrogen-bond acceptors (Lipinski definition) is 7. The van der Waals surface area contributed by atoms with Crippen LogP contribution in [0.15, 0.2) is 40.2 Å². The molecule has 0 atom stereocenters. The zero-order valence-corrected chi connectivity index (χ0v) is 16.4. The van der Waals surface area contributed by atoms with Gasteiger partial charge in [0.05, 0.1) is 12.2 Å². The van der Waals surface area contributed by atoms with E-state index in [-0.39, 0.29) is 17.6 Å². The molecule has 152 valence electrons. The van der Waals surface area contributed by atoms with Crippen molar-refractivity contribution < 1.29 is 5.11 Å². The predicted octanol–water partition coefficient (Wildman–Crippen LogP) is 0.723. The average molecular weight is 425 g/mol. The van der Waals surface area contributed by atoms with Crippen molar-refractivity contribution >= 4 is 29.3 Å². The van der Waals surface area contributed by atoms with Gasteiger partial charge in [0.1, 0.15) is 5.69 Å². The monoisotopic (exact) mass is 424 g/mol. The molecule has 4 aromatic rings. The maximum atomic E-state index is 11.4. The number of hydrogen-bond donors (Lipinski definition) is 4. The molecule has 3 aromatic heterocycles. The van der Waals surface area contributed by atoms with Crippen molar-refractivity contribution in [3.8, 4) is 5.88 Å². The molecule has 1 saturated carbocycles. The van der Waals surface area contributed by atoms with Gasteiger partial charge in [-0.25, -0.2) is 9.79 Å². The summed E-state index contributed by atoms with van der Waals surface area (Å²) >= 11 is 6.23. The summed E-state index contributed by atoms with van der Waals surface area (Å²) < 4.78 is 1.55. The van der Waals surface area contributed by atoms with Gasteiger partial charge in [0.25, 0.3) is 5.62 Å². The van der Waals surface area contributed by atoms with Crippen LogP contribution in [0.3, 0.4) is 0 Å². The highest BCUT2D eigenvalue weighted by atomic mass is 35.5. The van der Waals surface area contributed by atoms with E-state index in [1.807, 2.05) is 24.3 Å². The number of nitrogens with one attached hydrogen (secondary N) is 3. The summed E-state index contributed by atoms with van der Waals surface area (Å²) in [6.45, 7) is 0.442. The lowest BCUT2D eigenvalue weighted by Crippen LogP contribution is -2.24. The van der Waals surface area contributed by atoms with Crippen LogP contribution in [0.5, 0.6) is 5.88 Å². The van der Waals surface area contributed by atoms with Crippen molar-refractivity contribution in [2.75, 3.05) is 5.32 Å². The minimum absolute atomic E-state index is 0.236. The number of fused-ring (bicyclic) bond motifs is 1. The molecule has 0 spiro atoms. The number of aromatic hydroxyl groups is 1. The highest BCUT2D eigenvalue weighted by molar-refractivity contribution is 6.31. The largest absolute Gasteiger partial charge is 0.493 e. The Morgan fingerprint density at radius 3 is 2.87 bits per heavy atom. The normalized spacial score (nSPS) is 15.2. The van der Waals surface area contributed by atoms with Crippen LogP contribution in [0.2, 0.25) is 5.02 Å². The van der Waals surface area contributed by atoms with Crippen molar-refractivity contribution in [3.05, 3.63) is 68.1 Å². The molecule has 10 nitrogen and oxygen atoms in total. The van der Waals surface area contributed by atoms with Crippen LogP contribution in [0.4, 0.5) is 5.95 Å². The van der Waals surface area contributed by atoms with Gasteiger partial charge >= 0.3 is 5.69 Å². The van der Waals surface area contributed by atoms with Gasteiger partial charge in [-0.3, -0.25) is 4.98 Å². The zero-order valence-electron chi connectivity index (χ0n) is 15.6. The average Bonchev–Trinajstić information content (AvgIpc) is 3.36. The van der Waals surface area contributed by atoms with Gasteiger partial charge in [-0.15, -0.1) is 0 Å². The van der Waals surface area contributed by atoms with E-state index in [4.69, 9.17) is 11.6 Å². The van der Waals surface area contributed by atoms with Crippen LogP contribution in [0, 0.1) is 0 Å². The minimum atomic E-state index is -0.503. The minimum Gasteiger partial charge on any atom is -0.493 e. The molecule has 30 heavy (non-hydrogen) atoms. The second-order valence-corrected chi connectivity index (χ2v) is 7.38. The van der Waals surface area contributed by atoms with Crippen LogP contribution in [0.25, 0.3) is 11.7 Å². The summed E-state index contributed by atoms with van der Waals surface area (Å²) in [7, 11) is 0. The van der Waals surface area contributed by atoms with Crippen molar-refractivity contribution in [3.63, 3.8) is 0 Å². The second kappa shape index (κ2) is 7.30. The van der Waals surface area contributed by atoms with Crippen molar-refractivity contribution in [1.29, 1.82) is 0 Å². The molecule has 1 aromatic carbocycles. The van der Waals surface area contributed by atoms with Gasteiger partial charge < -0.3 is 15.4 Å². The maximum absolute atomic E-state index is 11.4. The van der Waals surface area contributed by atoms with E-state index in [2.05, 4.69) is 35.3 Å². The Labute approximate surface area is 174 Å². The van der Waals surface area contributed by atoms with Crippen LogP contribution < -0.4 is 21.8 Å². The fourth-order valence-corrected chi connectivity index (χ4v) is 3.18. The lowest BCUT2D eigenvalue weighted by molar-refractivity contribution is 0.454. The van der Waals surface area contributed by atoms with E-state index in [1.165, 1.54) is 0 Å². The standard InChI is InChI=1S/C19H17ClN8O2/c20-13-4-2-1-3-10(13)8-21-17-25-15-11(7-14-16(29)26-19(30)24-14)9-22-28(15)18(27-17)23-12-5-6-12/h1-4,7,9,12,29H,5-6,8H2,(H,21,23,27)(H2,24,26,30). The van der Waals surface area contributed by atoms with E-state index < -0.39 is 5.69 Å². The first-order valence-corrected chi connectivity index (χ1v) is 9.74. The molecule has 3 heterocycles. The van der Waals surface area contributed by atoms with E-state index in [0.29, 0.717) is 34.0 Å². The zero-order chi connectivity index (χ0) is 20.7. The first-order valence-electron chi connectivity index (χ1n) is 9.37. The van der Waals surface area contributed by atoms with Gasteiger partial charge in [-0.1, -0.05) is 29.8 Å². The van der Waals surface area contributed by atoms with E-state index in [0.717, 1.165) is 18.4 Å². The molecule has 1 fully saturated rings. The molecule has 0 amide bonds. The molecule has 0 saturated heterocycles. The highest BCUT2D eigenvalue weighted by Gasteiger charge is 2.21. The SMILES string of the molecule is O=c1[nH]c(O)c(C=c2cnn3c(=NC4CC4)nc(NCc4ccccc4Cl)nc23)[nH]1. The Kier molecular flexibility index (Phi) is 4.47. The van der Waals surface area contributed by atoms with Gasteiger partial charge in [0.2, 0.25) is 11.8 Å². The van der Waals surface area contributed by atoms with Gasteiger partial charge in [-0.2, -0.15) is 19.6 Å². The smallest absolute Gasteiger partial charge is 0.326 e. The van der Waals surface area contributed by atoms with Crippen LogP contribution >= 0.6 is 11.6 Å². The maximum Gasteiger partial charge on any atom is 0.326 e.